The highest BCUT2D eigenvalue weighted by atomic mass is 16.6. The quantitative estimate of drug-likeness (QED) is 0.481. The average molecular weight is 259 g/mol. The SMILES string of the molecule is C#Cc1ccc(C(=O)N2CCNC2=O)cc1[N+](=O)[O-]. The van der Waals surface area contributed by atoms with Crippen LogP contribution in [0, 0.1) is 22.5 Å². The Bertz CT molecular complexity index is 618. The first-order valence-electron chi connectivity index (χ1n) is 5.39. The molecule has 0 radical (unpaired) electrons. The van der Waals surface area contributed by atoms with Crippen LogP contribution < -0.4 is 5.32 Å². The summed E-state index contributed by atoms with van der Waals surface area (Å²) in [4.78, 5) is 34.6. The molecule has 0 bridgehead atoms. The molecule has 0 unspecified atom stereocenters. The number of nitrogens with one attached hydrogen (secondary N) is 1. The fourth-order valence-corrected chi connectivity index (χ4v) is 1.76. The predicted molar refractivity (Wildman–Crippen MR) is 65.5 cm³/mol. The molecular weight excluding hydrogens is 250 g/mol. The van der Waals surface area contributed by atoms with Gasteiger partial charge < -0.3 is 5.32 Å². The van der Waals surface area contributed by atoms with Crippen LogP contribution in [-0.2, 0) is 0 Å². The number of hydrogen-bond donors (Lipinski definition) is 1. The molecule has 1 aliphatic rings. The van der Waals surface area contributed by atoms with Crippen molar-refractivity contribution in [2.45, 2.75) is 0 Å². The standard InChI is InChI=1S/C12H9N3O4/c1-2-8-3-4-9(7-10(8)15(18)19)11(16)14-6-5-13-12(14)17/h1,3-4,7H,5-6H2,(H,13,17). The summed E-state index contributed by atoms with van der Waals surface area (Å²) in [7, 11) is 0. The molecule has 2 rings (SSSR count). The summed E-state index contributed by atoms with van der Waals surface area (Å²) in [5, 5.41) is 13.3. The maximum absolute atomic E-state index is 12.0. The molecule has 0 spiro atoms. The van der Waals surface area contributed by atoms with Crippen LogP contribution in [0.2, 0.25) is 0 Å². The van der Waals surface area contributed by atoms with Crippen molar-refractivity contribution in [3.05, 3.63) is 39.4 Å². The van der Waals surface area contributed by atoms with Gasteiger partial charge in [-0.15, -0.1) is 6.42 Å². The maximum atomic E-state index is 12.0. The second kappa shape index (κ2) is 4.78. The van der Waals surface area contributed by atoms with Gasteiger partial charge in [0, 0.05) is 24.7 Å². The lowest BCUT2D eigenvalue weighted by atomic mass is 10.1. The topological polar surface area (TPSA) is 92.6 Å². The first-order valence-corrected chi connectivity index (χ1v) is 5.39. The summed E-state index contributed by atoms with van der Waals surface area (Å²) in [6, 6.07) is 3.27. The molecular formula is C12H9N3O4. The number of urea groups is 1. The van der Waals surface area contributed by atoms with E-state index in [9.17, 15) is 19.7 Å². The van der Waals surface area contributed by atoms with Crippen molar-refractivity contribution in [3.8, 4) is 12.3 Å². The Balaban J connectivity index is 2.39. The van der Waals surface area contributed by atoms with Gasteiger partial charge in [-0.25, -0.2) is 4.79 Å². The summed E-state index contributed by atoms with van der Waals surface area (Å²) < 4.78 is 0. The van der Waals surface area contributed by atoms with Crippen LogP contribution in [0.5, 0.6) is 0 Å². The third kappa shape index (κ3) is 2.24. The lowest BCUT2D eigenvalue weighted by molar-refractivity contribution is -0.385. The predicted octanol–water partition coefficient (Wildman–Crippen LogP) is 0.742. The zero-order chi connectivity index (χ0) is 14.0. The number of nitrogens with zero attached hydrogens (tertiary/aromatic N) is 2. The van der Waals surface area contributed by atoms with Crippen LogP contribution in [0.1, 0.15) is 15.9 Å². The average Bonchev–Trinajstić information content (AvgIpc) is 2.83. The molecule has 3 amide bonds. The van der Waals surface area contributed by atoms with E-state index < -0.39 is 16.9 Å². The number of nitro groups is 1. The van der Waals surface area contributed by atoms with Crippen molar-refractivity contribution in [2.24, 2.45) is 0 Å². The van der Waals surface area contributed by atoms with Gasteiger partial charge in [-0.2, -0.15) is 0 Å². The third-order valence-electron chi connectivity index (χ3n) is 2.70. The van der Waals surface area contributed by atoms with Crippen molar-refractivity contribution in [2.75, 3.05) is 13.1 Å². The van der Waals surface area contributed by atoms with E-state index in [1.165, 1.54) is 12.1 Å². The third-order valence-corrected chi connectivity index (χ3v) is 2.70. The molecule has 96 valence electrons. The zero-order valence-electron chi connectivity index (χ0n) is 9.75. The normalized spacial score (nSPS) is 13.8. The van der Waals surface area contributed by atoms with E-state index in [1.807, 2.05) is 0 Å². The molecule has 1 aliphatic heterocycles. The van der Waals surface area contributed by atoms with E-state index >= 15 is 0 Å². The van der Waals surface area contributed by atoms with Gasteiger partial charge in [0.25, 0.3) is 11.6 Å². The van der Waals surface area contributed by atoms with Crippen LogP contribution >= 0.6 is 0 Å². The van der Waals surface area contributed by atoms with E-state index in [4.69, 9.17) is 6.42 Å². The number of nitro benzene ring substituents is 1. The van der Waals surface area contributed by atoms with Crippen molar-refractivity contribution < 1.29 is 14.5 Å². The molecule has 1 saturated heterocycles. The summed E-state index contributed by atoms with van der Waals surface area (Å²) in [5.74, 6) is 1.59. The number of amides is 3. The zero-order valence-corrected chi connectivity index (χ0v) is 9.75. The summed E-state index contributed by atoms with van der Waals surface area (Å²) in [6.45, 7) is 0.609. The molecule has 7 nitrogen and oxygen atoms in total. The number of benzene rings is 1. The maximum Gasteiger partial charge on any atom is 0.324 e. The molecule has 1 N–H and O–H groups in total. The molecule has 1 aromatic rings. The van der Waals surface area contributed by atoms with E-state index in [0.717, 1.165) is 11.0 Å². The van der Waals surface area contributed by atoms with E-state index in [0.29, 0.717) is 6.54 Å². The second-order valence-electron chi connectivity index (χ2n) is 3.82. The Hall–Kier alpha value is -2.88. The minimum absolute atomic E-state index is 0.0581. The molecule has 0 aliphatic carbocycles. The van der Waals surface area contributed by atoms with E-state index in [1.54, 1.807) is 0 Å². The Labute approximate surface area is 108 Å². The van der Waals surface area contributed by atoms with Gasteiger partial charge in [0.1, 0.15) is 5.56 Å². The number of hydrogen-bond acceptors (Lipinski definition) is 4. The number of imide groups is 1. The number of terminal acetylenes is 1. The van der Waals surface area contributed by atoms with Crippen LogP contribution in [0.25, 0.3) is 0 Å². The molecule has 1 aromatic carbocycles. The lowest BCUT2D eigenvalue weighted by Gasteiger charge is -2.11. The molecule has 1 fully saturated rings. The smallest absolute Gasteiger partial charge is 0.324 e. The molecule has 19 heavy (non-hydrogen) atoms. The van der Waals surface area contributed by atoms with Crippen LogP contribution in [-0.4, -0.2) is 34.9 Å². The second-order valence-corrected chi connectivity index (χ2v) is 3.82. The molecule has 7 heteroatoms. The number of carbonyl (C=O) groups is 2. The summed E-state index contributed by atoms with van der Waals surface area (Å²) >= 11 is 0. The fraction of sp³-hybridized carbons (Fsp3) is 0.167. The number of carbonyl (C=O) groups excluding carboxylic acids is 2. The minimum Gasteiger partial charge on any atom is -0.336 e. The number of rotatable bonds is 2. The van der Waals surface area contributed by atoms with Crippen molar-refractivity contribution in [1.29, 1.82) is 0 Å². The molecule has 0 aromatic heterocycles. The first kappa shape index (κ1) is 12.6. The fourth-order valence-electron chi connectivity index (χ4n) is 1.76. The van der Waals surface area contributed by atoms with Crippen LogP contribution in [0.3, 0.4) is 0 Å². The Kier molecular flexibility index (Phi) is 3.16. The minimum atomic E-state index is -0.657. The largest absolute Gasteiger partial charge is 0.336 e. The van der Waals surface area contributed by atoms with Gasteiger partial charge in [-0.05, 0) is 12.1 Å². The highest BCUT2D eigenvalue weighted by Gasteiger charge is 2.28. The monoisotopic (exact) mass is 259 g/mol. The lowest BCUT2D eigenvalue weighted by Crippen LogP contribution is -2.34. The van der Waals surface area contributed by atoms with Crippen LogP contribution in [0.4, 0.5) is 10.5 Å². The van der Waals surface area contributed by atoms with Gasteiger partial charge >= 0.3 is 6.03 Å². The highest BCUT2D eigenvalue weighted by molar-refractivity contribution is 6.05. The first-order chi connectivity index (χ1) is 9.04. The Morgan fingerprint density at radius 2 is 2.26 bits per heavy atom. The van der Waals surface area contributed by atoms with Crippen LogP contribution in [0.15, 0.2) is 18.2 Å². The van der Waals surface area contributed by atoms with Gasteiger partial charge in [0.05, 0.1) is 4.92 Å². The van der Waals surface area contributed by atoms with Crippen molar-refractivity contribution in [3.63, 3.8) is 0 Å². The van der Waals surface area contributed by atoms with E-state index in [2.05, 4.69) is 11.2 Å². The summed E-state index contributed by atoms with van der Waals surface area (Å²) in [5.41, 5.74) is -0.178. The Morgan fingerprint density at radius 3 is 2.79 bits per heavy atom. The van der Waals surface area contributed by atoms with Gasteiger partial charge in [-0.3, -0.25) is 19.8 Å². The molecule has 0 saturated carbocycles. The molecule has 1 heterocycles. The van der Waals surface area contributed by atoms with Crippen molar-refractivity contribution >= 4 is 17.6 Å². The van der Waals surface area contributed by atoms with Gasteiger partial charge in [0.2, 0.25) is 0 Å². The van der Waals surface area contributed by atoms with Gasteiger partial charge in [-0.1, -0.05) is 5.92 Å². The van der Waals surface area contributed by atoms with Crippen molar-refractivity contribution in [1.82, 2.24) is 10.2 Å². The highest BCUT2D eigenvalue weighted by Crippen LogP contribution is 2.20. The van der Waals surface area contributed by atoms with E-state index in [-0.39, 0.29) is 23.4 Å². The molecule has 0 atom stereocenters. The van der Waals surface area contributed by atoms with Gasteiger partial charge in [0.15, 0.2) is 0 Å². The Morgan fingerprint density at radius 1 is 1.53 bits per heavy atom. The summed E-state index contributed by atoms with van der Waals surface area (Å²) in [6.07, 6.45) is 5.14.